The Labute approximate surface area is 167 Å². The highest BCUT2D eigenvalue weighted by molar-refractivity contribution is 7.14. The number of methoxy groups -OCH3 is 1. The number of aromatic nitrogens is 1. The highest BCUT2D eigenvalue weighted by Crippen LogP contribution is 2.29. The van der Waals surface area contributed by atoms with E-state index in [2.05, 4.69) is 33.2 Å². The lowest BCUT2D eigenvalue weighted by Crippen LogP contribution is -2.12. The maximum atomic E-state index is 12.4. The van der Waals surface area contributed by atoms with E-state index in [4.69, 9.17) is 0 Å². The number of esters is 1. The quantitative estimate of drug-likeness (QED) is 0.652. The van der Waals surface area contributed by atoms with E-state index < -0.39 is 5.97 Å². The average Bonchev–Trinajstić information content (AvgIpc) is 3.21. The number of anilines is 1. The maximum Gasteiger partial charge on any atom is 0.337 e. The van der Waals surface area contributed by atoms with E-state index >= 15 is 0 Å². The Hall–Kier alpha value is -2.99. The van der Waals surface area contributed by atoms with Gasteiger partial charge in [-0.3, -0.25) is 10.1 Å². The van der Waals surface area contributed by atoms with Crippen LogP contribution in [0, 0.1) is 0 Å². The molecular weight excluding hydrogens is 372 g/mol. The lowest BCUT2D eigenvalue weighted by molar-refractivity contribution is 0.0600. The second-order valence-corrected chi connectivity index (χ2v) is 7.61. The predicted molar refractivity (Wildman–Crippen MR) is 110 cm³/mol. The van der Waals surface area contributed by atoms with Crippen molar-refractivity contribution >= 4 is 28.3 Å². The van der Waals surface area contributed by atoms with Gasteiger partial charge < -0.3 is 4.74 Å². The van der Waals surface area contributed by atoms with Gasteiger partial charge in [-0.05, 0) is 67.1 Å². The molecule has 6 heteroatoms. The Balaban J connectivity index is 1.47. The van der Waals surface area contributed by atoms with Crippen molar-refractivity contribution in [1.82, 2.24) is 4.98 Å². The van der Waals surface area contributed by atoms with Gasteiger partial charge in [0.05, 0.1) is 18.4 Å². The first-order chi connectivity index (χ1) is 13.6. The van der Waals surface area contributed by atoms with Crippen LogP contribution in [0.5, 0.6) is 0 Å². The molecule has 1 N–H and O–H groups in total. The molecule has 3 aromatic rings. The summed E-state index contributed by atoms with van der Waals surface area (Å²) in [5.41, 5.74) is 5.66. The number of nitrogens with one attached hydrogen (secondary N) is 1. The Morgan fingerprint density at radius 1 is 1.00 bits per heavy atom. The van der Waals surface area contributed by atoms with E-state index in [0.29, 0.717) is 16.3 Å². The van der Waals surface area contributed by atoms with Gasteiger partial charge in [0.25, 0.3) is 5.91 Å². The fourth-order valence-electron chi connectivity index (χ4n) is 3.40. The Morgan fingerprint density at radius 3 is 2.46 bits per heavy atom. The number of thiazole rings is 1. The molecule has 1 aromatic heterocycles. The number of aryl methyl sites for hydroxylation is 2. The molecule has 1 amide bonds. The van der Waals surface area contributed by atoms with Crippen LogP contribution in [0.15, 0.2) is 47.8 Å². The Morgan fingerprint density at radius 2 is 1.71 bits per heavy atom. The van der Waals surface area contributed by atoms with Gasteiger partial charge in [0.1, 0.15) is 0 Å². The predicted octanol–water partition coefficient (Wildman–Crippen LogP) is 4.73. The van der Waals surface area contributed by atoms with E-state index in [0.717, 1.165) is 24.1 Å². The molecule has 0 unspecified atom stereocenters. The first kappa shape index (κ1) is 18.4. The molecule has 0 aliphatic heterocycles. The molecule has 4 rings (SSSR count). The molecule has 28 heavy (non-hydrogen) atoms. The molecule has 2 aromatic carbocycles. The number of fused-ring (bicyclic) bond motifs is 1. The van der Waals surface area contributed by atoms with Gasteiger partial charge in [0.2, 0.25) is 0 Å². The minimum atomic E-state index is -0.429. The van der Waals surface area contributed by atoms with Gasteiger partial charge in [-0.2, -0.15) is 0 Å². The summed E-state index contributed by atoms with van der Waals surface area (Å²) in [5, 5.41) is 5.34. The second kappa shape index (κ2) is 7.94. The number of carbonyl (C=O) groups is 2. The first-order valence-electron chi connectivity index (χ1n) is 9.21. The van der Waals surface area contributed by atoms with Gasteiger partial charge in [0.15, 0.2) is 5.13 Å². The molecule has 1 heterocycles. The summed E-state index contributed by atoms with van der Waals surface area (Å²) in [6.07, 6.45) is 4.78. The fourth-order valence-corrected chi connectivity index (χ4v) is 4.12. The third-order valence-corrected chi connectivity index (χ3v) is 5.69. The molecule has 0 fully saturated rings. The monoisotopic (exact) mass is 392 g/mol. The van der Waals surface area contributed by atoms with E-state index in [1.54, 1.807) is 24.3 Å². The molecule has 0 radical (unpaired) electrons. The molecule has 0 bridgehead atoms. The van der Waals surface area contributed by atoms with Gasteiger partial charge in [-0.1, -0.05) is 12.1 Å². The van der Waals surface area contributed by atoms with Crippen LogP contribution in [0.3, 0.4) is 0 Å². The lowest BCUT2D eigenvalue weighted by atomic mass is 9.90. The summed E-state index contributed by atoms with van der Waals surface area (Å²) < 4.78 is 4.66. The maximum absolute atomic E-state index is 12.4. The summed E-state index contributed by atoms with van der Waals surface area (Å²) in [7, 11) is 1.32. The number of hydrogen-bond donors (Lipinski definition) is 1. The molecule has 0 saturated heterocycles. The zero-order valence-corrected chi connectivity index (χ0v) is 16.3. The third kappa shape index (κ3) is 3.82. The van der Waals surface area contributed by atoms with E-state index in [-0.39, 0.29) is 5.91 Å². The standard InChI is InChI=1S/C22H20N2O3S/c1-27-21(26)16-9-7-15(8-10-16)20(25)24-22-23-19(13-28-22)18-11-6-14-4-2-3-5-17(14)12-18/h6-13H,2-5H2,1H3,(H,23,24,25). The van der Waals surface area contributed by atoms with Crippen LogP contribution in [0.4, 0.5) is 5.13 Å². The number of ether oxygens (including phenoxy) is 1. The second-order valence-electron chi connectivity index (χ2n) is 6.75. The molecular formula is C22H20N2O3S. The van der Waals surface area contributed by atoms with E-state index in [1.165, 1.54) is 42.4 Å². The lowest BCUT2D eigenvalue weighted by Gasteiger charge is -2.16. The van der Waals surface area contributed by atoms with Crippen LogP contribution in [0.2, 0.25) is 0 Å². The normalized spacial score (nSPS) is 12.9. The molecule has 1 aliphatic carbocycles. The van der Waals surface area contributed by atoms with Crippen molar-refractivity contribution in [3.05, 3.63) is 70.1 Å². The smallest absolute Gasteiger partial charge is 0.337 e. The largest absolute Gasteiger partial charge is 0.465 e. The van der Waals surface area contributed by atoms with Gasteiger partial charge >= 0.3 is 5.97 Å². The summed E-state index contributed by atoms with van der Waals surface area (Å²) in [4.78, 5) is 28.5. The first-order valence-corrected chi connectivity index (χ1v) is 10.1. The molecule has 0 spiro atoms. The van der Waals surface area contributed by atoms with Crippen LogP contribution in [-0.4, -0.2) is 24.0 Å². The number of nitrogens with zero attached hydrogens (tertiary/aromatic N) is 1. The van der Waals surface area contributed by atoms with Crippen molar-refractivity contribution in [2.45, 2.75) is 25.7 Å². The van der Waals surface area contributed by atoms with Crippen LogP contribution >= 0.6 is 11.3 Å². The summed E-state index contributed by atoms with van der Waals surface area (Å²) in [5.74, 6) is -0.690. The topological polar surface area (TPSA) is 68.3 Å². The SMILES string of the molecule is COC(=O)c1ccc(C(=O)Nc2nc(-c3ccc4c(c3)CCCC4)cs2)cc1. The van der Waals surface area contributed by atoms with Crippen molar-refractivity contribution in [1.29, 1.82) is 0 Å². The Bertz CT molecular complexity index is 1020. The fraction of sp³-hybridized carbons (Fsp3) is 0.227. The van der Waals surface area contributed by atoms with Gasteiger partial charge in [-0.25, -0.2) is 9.78 Å². The number of benzene rings is 2. The highest BCUT2D eigenvalue weighted by atomic mass is 32.1. The van der Waals surface area contributed by atoms with Crippen molar-refractivity contribution in [3.8, 4) is 11.3 Å². The number of hydrogen-bond acceptors (Lipinski definition) is 5. The third-order valence-electron chi connectivity index (χ3n) is 4.94. The number of amides is 1. The van der Waals surface area contributed by atoms with Crippen LogP contribution in [0.25, 0.3) is 11.3 Å². The number of rotatable bonds is 4. The minimum absolute atomic E-state index is 0.261. The zero-order chi connectivity index (χ0) is 19.5. The van der Waals surface area contributed by atoms with Crippen LogP contribution in [0.1, 0.15) is 44.7 Å². The molecule has 5 nitrogen and oxygen atoms in total. The molecule has 0 saturated carbocycles. The molecule has 142 valence electrons. The van der Waals surface area contributed by atoms with Gasteiger partial charge in [-0.15, -0.1) is 11.3 Å². The van der Waals surface area contributed by atoms with E-state index in [1.807, 2.05) is 5.38 Å². The zero-order valence-electron chi connectivity index (χ0n) is 15.5. The molecule has 0 atom stereocenters. The summed E-state index contributed by atoms with van der Waals surface area (Å²) in [6.45, 7) is 0. The van der Waals surface area contributed by atoms with Crippen molar-refractivity contribution in [3.63, 3.8) is 0 Å². The molecule has 1 aliphatic rings. The van der Waals surface area contributed by atoms with Crippen molar-refractivity contribution < 1.29 is 14.3 Å². The van der Waals surface area contributed by atoms with Crippen LogP contribution < -0.4 is 5.32 Å². The van der Waals surface area contributed by atoms with E-state index in [9.17, 15) is 9.59 Å². The van der Waals surface area contributed by atoms with Crippen LogP contribution in [-0.2, 0) is 17.6 Å². The summed E-state index contributed by atoms with van der Waals surface area (Å²) >= 11 is 1.40. The van der Waals surface area contributed by atoms with Gasteiger partial charge in [0, 0.05) is 16.5 Å². The summed E-state index contributed by atoms with van der Waals surface area (Å²) in [6, 6.07) is 12.9. The highest BCUT2D eigenvalue weighted by Gasteiger charge is 2.14. The average molecular weight is 392 g/mol. The number of carbonyl (C=O) groups excluding carboxylic acids is 2. The van der Waals surface area contributed by atoms with Crippen molar-refractivity contribution in [2.75, 3.05) is 12.4 Å². The minimum Gasteiger partial charge on any atom is -0.465 e. The van der Waals surface area contributed by atoms with Crippen molar-refractivity contribution in [2.24, 2.45) is 0 Å². The Kier molecular flexibility index (Phi) is 5.21.